The maximum absolute atomic E-state index is 13.4. The predicted molar refractivity (Wildman–Crippen MR) is 74.8 cm³/mol. The molecule has 1 aromatic carbocycles. The molecule has 2 aromatic rings. The first-order valence-corrected chi connectivity index (χ1v) is 6.82. The van der Waals surface area contributed by atoms with E-state index in [-0.39, 0.29) is 16.0 Å². The van der Waals surface area contributed by atoms with Crippen LogP contribution < -0.4 is 0 Å². The topological polar surface area (TPSA) is 37.8 Å². The Morgan fingerprint density at radius 2 is 2.09 bits per heavy atom. The molecule has 0 amide bonds. The Balaban J connectivity index is 2.60. The van der Waals surface area contributed by atoms with Crippen molar-refractivity contribution in [3.8, 4) is 0 Å². The van der Waals surface area contributed by atoms with E-state index in [4.69, 9.17) is 12.2 Å². The summed E-state index contributed by atoms with van der Waals surface area (Å²) in [5.41, 5.74) is -0.886. The van der Waals surface area contributed by atoms with Crippen LogP contribution in [0.4, 0.5) is 17.6 Å². The van der Waals surface area contributed by atoms with Gasteiger partial charge in [-0.25, -0.2) is 4.39 Å². The maximum Gasteiger partial charge on any atom is 0.419 e. The molecule has 0 bridgehead atoms. The molecule has 22 heavy (non-hydrogen) atoms. The molecule has 1 heterocycles. The Bertz CT molecular complexity index is 748. The van der Waals surface area contributed by atoms with Gasteiger partial charge in [0.2, 0.25) is 0 Å². The van der Waals surface area contributed by atoms with E-state index >= 15 is 0 Å². The van der Waals surface area contributed by atoms with Crippen LogP contribution in [0.3, 0.4) is 0 Å². The van der Waals surface area contributed by atoms with E-state index in [0.29, 0.717) is 12.7 Å². The van der Waals surface area contributed by atoms with Crippen LogP contribution in [0.1, 0.15) is 41.0 Å². The second-order valence-electron chi connectivity index (χ2n) is 4.67. The molecule has 1 unspecified atom stereocenters. The first kappa shape index (κ1) is 16.4. The SMILES string of the molecule is CCC(c1ccc(F)c(C(F)(F)F)c1)n1c(C=O)c[nH]c1=S. The first-order chi connectivity index (χ1) is 10.3. The Morgan fingerprint density at radius 3 is 2.64 bits per heavy atom. The van der Waals surface area contributed by atoms with Crippen molar-refractivity contribution < 1.29 is 22.4 Å². The number of halogens is 4. The summed E-state index contributed by atoms with van der Waals surface area (Å²) in [5.74, 6) is -1.33. The number of aldehydes is 1. The van der Waals surface area contributed by atoms with E-state index in [1.165, 1.54) is 16.8 Å². The number of hydrogen-bond acceptors (Lipinski definition) is 2. The van der Waals surface area contributed by atoms with Gasteiger partial charge in [-0.2, -0.15) is 13.2 Å². The fourth-order valence-electron chi connectivity index (χ4n) is 2.34. The highest BCUT2D eigenvalue weighted by molar-refractivity contribution is 7.71. The summed E-state index contributed by atoms with van der Waals surface area (Å²) >= 11 is 5.07. The van der Waals surface area contributed by atoms with Gasteiger partial charge in [0.1, 0.15) is 11.5 Å². The van der Waals surface area contributed by atoms with Gasteiger partial charge in [0.05, 0.1) is 11.6 Å². The van der Waals surface area contributed by atoms with E-state index < -0.39 is 23.6 Å². The van der Waals surface area contributed by atoms with Gasteiger partial charge in [0, 0.05) is 6.20 Å². The molecule has 0 aliphatic heterocycles. The van der Waals surface area contributed by atoms with Crippen LogP contribution in [0.25, 0.3) is 0 Å². The van der Waals surface area contributed by atoms with E-state index in [1.807, 2.05) is 0 Å². The minimum absolute atomic E-state index is 0.215. The van der Waals surface area contributed by atoms with Crippen LogP contribution in [0.2, 0.25) is 0 Å². The van der Waals surface area contributed by atoms with E-state index in [1.54, 1.807) is 6.92 Å². The number of nitrogens with one attached hydrogen (secondary N) is 1. The monoisotopic (exact) mass is 332 g/mol. The second kappa shape index (κ2) is 6.04. The quantitative estimate of drug-likeness (QED) is 0.508. The zero-order chi connectivity index (χ0) is 16.5. The number of aromatic nitrogens is 2. The number of carbonyl (C=O) groups excluding carboxylic acids is 1. The highest BCUT2D eigenvalue weighted by atomic mass is 32.1. The third-order valence-corrected chi connectivity index (χ3v) is 3.65. The van der Waals surface area contributed by atoms with Gasteiger partial charge in [-0.15, -0.1) is 0 Å². The van der Waals surface area contributed by atoms with Crippen molar-refractivity contribution in [3.05, 3.63) is 51.8 Å². The number of alkyl halides is 3. The summed E-state index contributed by atoms with van der Waals surface area (Å²) in [7, 11) is 0. The normalized spacial score (nSPS) is 13.1. The van der Waals surface area contributed by atoms with Crippen molar-refractivity contribution in [1.29, 1.82) is 0 Å². The minimum Gasteiger partial charge on any atom is -0.337 e. The van der Waals surface area contributed by atoms with Gasteiger partial charge in [-0.1, -0.05) is 13.0 Å². The van der Waals surface area contributed by atoms with Crippen LogP contribution in [-0.4, -0.2) is 15.8 Å². The molecular weight excluding hydrogens is 320 g/mol. The summed E-state index contributed by atoms with van der Waals surface area (Å²) < 4.78 is 53.5. The fourth-order valence-corrected chi connectivity index (χ4v) is 2.63. The number of carbonyl (C=O) groups is 1. The third-order valence-electron chi connectivity index (χ3n) is 3.34. The van der Waals surface area contributed by atoms with Crippen LogP contribution in [0.5, 0.6) is 0 Å². The number of benzene rings is 1. The largest absolute Gasteiger partial charge is 0.419 e. The lowest BCUT2D eigenvalue weighted by Crippen LogP contribution is -2.15. The highest BCUT2D eigenvalue weighted by Gasteiger charge is 2.34. The second-order valence-corrected chi connectivity index (χ2v) is 5.05. The Labute approximate surface area is 128 Å². The molecule has 2 rings (SSSR count). The summed E-state index contributed by atoms with van der Waals surface area (Å²) in [6.07, 6.45) is -2.46. The van der Waals surface area contributed by atoms with Crippen molar-refractivity contribution in [2.75, 3.05) is 0 Å². The fraction of sp³-hybridized carbons (Fsp3) is 0.286. The molecule has 1 atom stereocenters. The van der Waals surface area contributed by atoms with Crippen molar-refractivity contribution in [3.63, 3.8) is 0 Å². The smallest absolute Gasteiger partial charge is 0.337 e. The third kappa shape index (κ3) is 2.96. The van der Waals surface area contributed by atoms with Gasteiger partial charge in [0.15, 0.2) is 11.1 Å². The van der Waals surface area contributed by atoms with Gasteiger partial charge >= 0.3 is 6.18 Å². The van der Waals surface area contributed by atoms with Crippen molar-refractivity contribution in [2.24, 2.45) is 0 Å². The van der Waals surface area contributed by atoms with E-state index in [0.717, 1.165) is 12.1 Å². The molecule has 0 aliphatic rings. The standard InChI is InChI=1S/C14H12F4N2OS/c1-2-12(20-9(7-21)6-19-13(20)22)8-3-4-11(15)10(5-8)14(16,17)18/h3-7,12H,2H2,1H3,(H,19,22). The number of rotatable bonds is 4. The molecule has 0 saturated carbocycles. The van der Waals surface area contributed by atoms with Crippen molar-refractivity contribution in [2.45, 2.75) is 25.6 Å². The molecule has 3 nitrogen and oxygen atoms in total. The number of aromatic amines is 1. The summed E-state index contributed by atoms with van der Waals surface area (Å²) in [4.78, 5) is 13.7. The number of imidazole rings is 1. The number of H-pyrrole nitrogens is 1. The lowest BCUT2D eigenvalue weighted by Gasteiger charge is -2.20. The van der Waals surface area contributed by atoms with Gasteiger partial charge < -0.3 is 9.55 Å². The van der Waals surface area contributed by atoms with E-state index in [9.17, 15) is 22.4 Å². The predicted octanol–water partition coefficient (Wildman–Crippen LogP) is 4.52. The molecule has 0 fully saturated rings. The van der Waals surface area contributed by atoms with Crippen LogP contribution in [0.15, 0.2) is 24.4 Å². The van der Waals surface area contributed by atoms with Crippen LogP contribution in [-0.2, 0) is 6.18 Å². The molecule has 0 saturated heterocycles. The minimum atomic E-state index is -4.79. The molecule has 8 heteroatoms. The summed E-state index contributed by atoms with van der Waals surface area (Å²) in [6.45, 7) is 1.74. The average molecular weight is 332 g/mol. The number of nitrogens with zero attached hydrogens (tertiary/aromatic N) is 1. The van der Waals surface area contributed by atoms with Crippen LogP contribution in [0, 0.1) is 10.6 Å². The van der Waals surface area contributed by atoms with Gasteiger partial charge in [0.25, 0.3) is 0 Å². The Morgan fingerprint density at radius 1 is 1.41 bits per heavy atom. The Kier molecular flexibility index (Phi) is 4.50. The number of hydrogen-bond donors (Lipinski definition) is 1. The molecular formula is C14H12F4N2OS. The summed E-state index contributed by atoms with van der Waals surface area (Å²) in [5, 5.41) is 0. The zero-order valence-corrected chi connectivity index (χ0v) is 12.3. The highest BCUT2D eigenvalue weighted by Crippen LogP contribution is 2.34. The molecule has 0 radical (unpaired) electrons. The van der Waals surface area contributed by atoms with Gasteiger partial charge in [-0.3, -0.25) is 4.79 Å². The first-order valence-electron chi connectivity index (χ1n) is 6.41. The molecule has 0 spiro atoms. The maximum atomic E-state index is 13.4. The zero-order valence-electron chi connectivity index (χ0n) is 11.4. The lowest BCUT2D eigenvalue weighted by molar-refractivity contribution is -0.140. The van der Waals surface area contributed by atoms with Gasteiger partial charge in [-0.05, 0) is 36.3 Å². The summed E-state index contributed by atoms with van der Waals surface area (Å²) in [6, 6.07) is 2.20. The van der Waals surface area contributed by atoms with Crippen molar-refractivity contribution in [1.82, 2.24) is 9.55 Å². The molecule has 0 aliphatic carbocycles. The van der Waals surface area contributed by atoms with Crippen LogP contribution >= 0.6 is 12.2 Å². The molecule has 118 valence electrons. The lowest BCUT2D eigenvalue weighted by atomic mass is 10.0. The molecule has 1 aromatic heterocycles. The van der Waals surface area contributed by atoms with E-state index in [2.05, 4.69) is 4.98 Å². The van der Waals surface area contributed by atoms with Crippen molar-refractivity contribution >= 4 is 18.5 Å². The Hall–Kier alpha value is -1.96. The molecule has 1 N–H and O–H groups in total. The average Bonchev–Trinajstić information content (AvgIpc) is 2.81.